The Labute approximate surface area is 184 Å². The minimum atomic E-state index is -0.272. The number of carbonyl (C=O) groups excluding carboxylic acids is 1. The van der Waals surface area contributed by atoms with Crippen LogP contribution in [0.2, 0.25) is 0 Å². The van der Waals surface area contributed by atoms with Crippen molar-refractivity contribution in [1.29, 1.82) is 0 Å². The molecule has 2 aromatic heterocycles. The molecule has 0 unspecified atom stereocenters. The first-order valence-corrected chi connectivity index (χ1v) is 11.0. The van der Waals surface area contributed by atoms with E-state index in [1.165, 1.54) is 22.5 Å². The second kappa shape index (κ2) is 8.48. The minimum Gasteiger partial charge on any atom is -0.497 e. The SMILES string of the molecule is COc1ccc2c(c1)CN(c1nnc(C(=O)Nc3cnccc3N3CCNCC3)s1)C2. The smallest absolute Gasteiger partial charge is 0.286 e. The highest BCUT2D eigenvalue weighted by Crippen LogP contribution is 2.33. The van der Waals surface area contributed by atoms with E-state index in [0.717, 1.165) is 55.8 Å². The van der Waals surface area contributed by atoms with E-state index in [0.29, 0.717) is 10.7 Å². The van der Waals surface area contributed by atoms with Crippen LogP contribution in [0.1, 0.15) is 20.9 Å². The van der Waals surface area contributed by atoms with Gasteiger partial charge in [-0.2, -0.15) is 0 Å². The summed E-state index contributed by atoms with van der Waals surface area (Å²) < 4.78 is 5.32. The van der Waals surface area contributed by atoms with E-state index < -0.39 is 0 Å². The van der Waals surface area contributed by atoms with Crippen molar-refractivity contribution in [1.82, 2.24) is 20.5 Å². The molecule has 3 aromatic rings. The van der Waals surface area contributed by atoms with Gasteiger partial charge < -0.3 is 25.2 Å². The maximum absolute atomic E-state index is 12.9. The fourth-order valence-corrected chi connectivity index (χ4v) is 4.65. The zero-order valence-corrected chi connectivity index (χ0v) is 18.0. The number of piperazine rings is 1. The summed E-state index contributed by atoms with van der Waals surface area (Å²) in [6.07, 6.45) is 3.43. The van der Waals surface area contributed by atoms with Crippen LogP contribution in [0.15, 0.2) is 36.7 Å². The Hall–Kier alpha value is -3.24. The zero-order valence-electron chi connectivity index (χ0n) is 17.2. The Bertz CT molecular complexity index is 1100. The molecule has 9 nitrogen and oxygen atoms in total. The highest BCUT2D eigenvalue weighted by molar-refractivity contribution is 7.17. The number of fused-ring (bicyclic) bond motifs is 1. The van der Waals surface area contributed by atoms with Crippen LogP contribution in [-0.4, -0.2) is 54.4 Å². The molecular weight excluding hydrogens is 414 g/mol. The molecule has 1 fully saturated rings. The highest BCUT2D eigenvalue weighted by atomic mass is 32.1. The molecule has 0 saturated carbocycles. The monoisotopic (exact) mass is 437 g/mol. The molecule has 5 rings (SSSR count). The van der Waals surface area contributed by atoms with Crippen LogP contribution in [0, 0.1) is 0 Å². The number of hydrogen-bond acceptors (Lipinski definition) is 9. The molecule has 0 aliphatic carbocycles. The molecule has 0 radical (unpaired) electrons. The van der Waals surface area contributed by atoms with Gasteiger partial charge >= 0.3 is 0 Å². The third-order valence-electron chi connectivity index (χ3n) is 5.52. The molecule has 4 heterocycles. The van der Waals surface area contributed by atoms with Crippen LogP contribution in [-0.2, 0) is 13.1 Å². The predicted molar refractivity (Wildman–Crippen MR) is 120 cm³/mol. The summed E-state index contributed by atoms with van der Waals surface area (Å²) >= 11 is 1.30. The number of pyridine rings is 1. The van der Waals surface area contributed by atoms with Gasteiger partial charge in [-0.25, -0.2) is 0 Å². The first-order chi connectivity index (χ1) is 15.2. The van der Waals surface area contributed by atoms with Crippen LogP contribution >= 0.6 is 11.3 Å². The van der Waals surface area contributed by atoms with Crippen LogP contribution < -0.4 is 25.2 Å². The molecule has 2 N–H and O–H groups in total. The van der Waals surface area contributed by atoms with Crippen LogP contribution in [0.3, 0.4) is 0 Å². The predicted octanol–water partition coefficient (Wildman–Crippen LogP) is 2.12. The molecule has 0 atom stereocenters. The second-order valence-electron chi connectivity index (χ2n) is 7.46. The summed E-state index contributed by atoms with van der Waals surface area (Å²) in [6.45, 7) is 5.06. The van der Waals surface area contributed by atoms with Crippen LogP contribution in [0.5, 0.6) is 5.75 Å². The number of nitrogens with one attached hydrogen (secondary N) is 2. The number of rotatable bonds is 5. The highest BCUT2D eigenvalue weighted by Gasteiger charge is 2.25. The lowest BCUT2D eigenvalue weighted by Crippen LogP contribution is -2.43. The van der Waals surface area contributed by atoms with Crippen molar-refractivity contribution in [2.75, 3.05) is 48.4 Å². The normalized spacial score (nSPS) is 15.6. The molecular formula is C21H23N7O2S. The van der Waals surface area contributed by atoms with Crippen molar-refractivity contribution < 1.29 is 9.53 Å². The summed E-state index contributed by atoms with van der Waals surface area (Å²) in [4.78, 5) is 21.4. The largest absolute Gasteiger partial charge is 0.497 e. The number of ether oxygens (including phenoxy) is 1. The third-order valence-corrected chi connectivity index (χ3v) is 6.50. The Morgan fingerprint density at radius 2 is 1.97 bits per heavy atom. The van der Waals surface area contributed by atoms with E-state index in [1.54, 1.807) is 19.5 Å². The van der Waals surface area contributed by atoms with Crippen LogP contribution in [0.4, 0.5) is 16.5 Å². The number of aromatic nitrogens is 3. The first-order valence-electron chi connectivity index (χ1n) is 10.2. The van der Waals surface area contributed by atoms with Gasteiger partial charge in [0, 0.05) is 45.5 Å². The third kappa shape index (κ3) is 4.04. The molecule has 160 valence electrons. The summed E-state index contributed by atoms with van der Waals surface area (Å²) in [7, 11) is 1.67. The van der Waals surface area contributed by atoms with E-state index in [1.807, 2.05) is 18.2 Å². The minimum absolute atomic E-state index is 0.272. The Balaban J connectivity index is 1.29. The molecule has 1 saturated heterocycles. The first kappa shape index (κ1) is 19.7. The second-order valence-corrected chi connectivity index (χ2v) is 8.42. The molecule has 0 spiro atoms. The van der Waals surface area contributed by atoms with Gasteiger partial charge in [-0.05, 0) is 29.3 Å². The van der Waals surface area contributed by atoms with Crippen molar-refractivity contribution in [2.45, 2.75) is 13.1 Å². The van der Waals surface area contributed by atoms with Crippen molar-refractivity contribution >= 4 is 33.8 Å². The number of benzene rings is 1. The van der Waals surface area contributed by atoms with Gasteiger partial charge in [0.15, 0.2) is 0 Å². The molecule has 0 bridgehead atoms. The fraction of sp³-hybridized carbons (Fsp3) is 0.333. The number of nitrogens with zero attached hydrogens (tertiary/aromatic N) is 5. The van der Waals surface area contributed by atoms with Gasteiger partial charge in [-0.3, -0.25) is 9.78 Å². The number of amides is 1. The number of hydrogen-bond donors (Lipinski definition) is 2. The summed E-state index contributed by atoms with van der Waals surface area (Å²) in [5.74, 6) is 0.571. The maximum Gasteiger partial charge on any atom is 0.286 e. The lowest BCUT2D eigenvalue weighted by molar-refractivity contribution is 0.102. The molecule has 10 heteroatoms. The molecule has 2 aliphatic rings. The van der Waals surface area contributed by atoms with Gasteiger partial charge in [0.2, 0.25) is 10.1 Å². The lowest BCUT2D eigenvalue weighted by Gasteiger charge is -2.30. The number of methoxy groups -OCH3 is 1. The van der Waals surface area contributed by atoms with Gasteiger partial charge in [0.25, 0.3) is 5.91 Å². The number of carbonyl (C=O) groups is 1. The Morgan fingerprint density at radius 3 is 2.81 bits per heavy atom. The summed E-state index contributed by atoms with van der Waals surface area (Å²) in [5.41, 5.74) is 4.10. The van der Waals surface area contributed by atoms with Crippen molar-refractivity contribution in [3.05, 3.63) is 52.8 Å². The maximum atomic E-state index is 12.9. The Morgan fingerprint density at radius 1 is 1.13 bits per heavy atom. The average Bonchev–Trinajstić information content (AvgIpc) is 3.47. The lowest BCUT2D eigenvalue weighted by atomic mass is 10.1. The van der Waals surface area contributed by atoms with Crippen molar-refractivity contribution in [3.8, 4) is 5.75 Å². The zero-order chi connectivity index (χ0) is 21.2. The van der Waals surface area contributed by atoms with Gasteiger partial charge in [-0.1, -0.05) is 17.4 Å². The summed E-state index contributed by atoms with van der Waals surface area (Å²) in [6, 6.07) is 8.01. The quantitative estimate of drug-likeness (QED) is 0.627. The van der Waals surface area contributed by atoms with Crippen molar-refractivity contribution in [3.63, 3.8) is 0 Å². The van der Waals surface area contributed by atoms with E-state index in [4.69, 9.17) is 4.74 Å². The fourth-order valence-electron chi connectivity index (χ4n) is 3.91. The number of anilines is 3. The topological polar surface area (TPSA) is 95.5 Å². The molecule has 2 aliphatic heterocycles. The standard InChI is InChI=1S/C21H23N7O2S/c1-30-16-3-2-14-12-28(13-15(14)10-16)21-26-25-20(31-21)19(29)24-17-11-23-5-4-18(17)27-8-6-22-7-9-27/h2-5,10-11,22H,6-9,12-13H2,1H3,(H,24,29). The van der Waals surface area contributed by atoms with Crippen molar-refractivity contribution in [2.24, 2.45) is 0 Å². The van der Waals surface area contributed by atoms with Gasteiger partial charge in [-0.15, -0.1) is 10.2 Å². The Kier molecular flexibility index (Phi) is 5.39. The van der Waals surface area contributed by atoms with Gasteiger partial charge in [0.1, 0.15) is 5.75 Å². The van der Waals surface area contributed by atoms with E-state index >= 15 is 0 Å². The summed E-state index contributed by atoms with van der Waals surface area (Å²) in [5, 5.41) is 15.8. The average molecular weight is 438 g/mol. The molecule has 1 amide bonds. The van der Waals surface area contributed by atoms with Crippen LogP contribution in [0.25, 0.3) is 0 Å². The van der Waals surface area contributed by atoms with E-state index in [2.05, 4.69) is 41.7 Å². The molecule has 1 aromatic carbocycles. The van der Waals surface area contributed by atoms with Gasteiger partial charge in [0.05, 0.1) is 24.7 Å². The van der Waals surface area contributed by atoms with E-state index in [-0.39, 0.29) is 5.91 Å². The van der Waals surface area contributed by atoms with E-state index in [9.17, 15) is 4.79 Å². The molecule has 31 heavy (non-hydrogen) atoms.